The molecule has 11 heavy (non-hydrogen) atoms. The van der Waals surface area contributed by atoms with Gasteiger partial charge in [-0.2, -0.15) is 0 Å². The van der Waals surface area contributed by atoms with E-state index >= 15 is 0 Å². The number of carboxylic acid groups (broad SMARTS) is 1. The summed E-state index contributed by atoms with van der Waals surface area (Å²) in [5.74, 6) is -0.899. The second kappa shape index (κ2) is 3.98. The van der Waals surface area contributed by atoms with Crippen molar-refractivity contribution in [3.8, 4) is 0 Å². The molecule has 0 radical (unpaired) electrons. The van der Waals surface area contributed by atoms with Crippen LogP contribution in [0.1, 0.15) is 13.8 Å². The van der Waals surface area contributed by atoms with Crippen LogP contribution < -0.4 is 11.5 Å². The van der Waals surface area contributed by atoms with Crippen molar-refractivity contribution in [1.82, 2.24) is 0 Å². The van der Waals surface area contributed by atoms with Crippen LogP contribution in [0.5, 0.6) is 0 Å². The van der Waals surface area contributed by atoms with Crippen LogP contribution in [0, 0.1) is 5.92 Å². The van der Waals surface area contributed by atoms with Crippen LogP contribution in [0.2, 0.25) is 0 Å². The van der Waals surface area contributed by atoms with E-state index in [1.165, 1.54) is 0 Å². The van der Waals surface area contributed by atoms with Gasteiger partial charge in [0.25, 0.3) is 0 Å². The lowest BCUT2D eigenvalue weighted by atomic mass is 10.0. The summed E-state index contributed by atoms with van der Waals surface area (Å²) in [7, 11) is 0. The highest BCUT2D eigenvalue weighted by molar-refractivity contribution is 5.80. The molecular formula is C7H14N2O2. The normalized spacial score (nSPS) is 15.1. The van der Waals surface area contributed by atoms with Gasteiger partial charge in [0.1, 0.15) is 0 Å². The fraction of sp³-hybridized carbons (Fsp3) is 0.571. The van der Waals surface area contributed by atoms with Crippen LogP contribution in [0.25, 0.3) is 0 Å². The molecule has 0 fully saturated rings. The molecule has 1 unspecified atom stereocenters. The average molecular weight is 158 g/mol. The molecule has 64 valence electrons. The molecule has 0 aliphatic heterocycles. The molecule has 0 amide bonds. The summed E-state index contributed by atoms with van der Waals surface area (Å²) in [6.07, 6.45) is 0.935. The first kappa shape index (κ1) is 9.97. The van der Waals surface area contributed by atoms with Crippen LogP contribution in [0.4, 0.5) is 0 Å². The van der Waals surface area contributed by atoms with Gasteiger partial charge in [0, 0.05) is 17.8 Å². The Balaban J connectivity index is 4.23. The highest BCUT2D eigenvalue weighted by atomic mass is 16.4. The standard InChI is InChI=1S/C7H14N2O2/c1-4(2)7(9)5(8)3-6(10)11/h3-4,7H,8-9H2,1-2H3,(H,10,11)/b5-3-. The molecule has 5 N–H and O–H groups in total. The summed E-state index contributed by atoms with van der Waals surface area (Å²) in [4.78, 5) is 10.1. The Labute approximate surface area is 65.9 Å². The molecule has 4 nitrogen and oxygen atoms in total. The Morgan fingerprint density at radius 2 is 2.00 bits per heavy atom. The molecule has 0 aromatic heterocycles. The quantitative estimate of drug-likeness (QED) is 0.500. The van der Waals surface area contributed by atoms with Crippen molar-refractivity contribution in [2.75, 3.05) is 0 Å². The van der Waals surface area contributed by atoms with E-state index in [4.69, 9.17) is 16.6 Å². The van der Waals surface area contributed by atoms with Crippen molar-refractivity contribution in [3.05, 3.63) is 11.8 Å². The topological polar surface area (TPSA) is 89.3 Å². The van der Waals surface area contributed by atoms with Gasteiger partial charge in [-0.1, -0.05) is 13.8 Å². The predicted octanol–water partition coefficient (Wildman–Crippen LogP) is -0.103. The molecule has 0 bridgehead atoms. The van der Waals surface area contributed by atoms with Gasteiger partial charge in [-0.3, -0.25) is 0 Å². The summed E-state index contributed by atoms with van der Waals surface area (Å²) in [5, 5.41) is 8.30. The van der Waals surface area contributed by atoms with E-state index in [0.29, 0.717) is 0 Å². The molecule has 4 heteroatoms. The lowest BCUT2D eigenvalue weighted by Crippen LogP contribution is -2.33. The fourth-order valence-electron chi connectivity index (χ4n) is 0.624. The maximum atomic E-state index is 10.1. The van der Waals surface area contributed by atoms with Crippen LogP contribution in [-0.2, 0) is 4.79 Å². The van der Waals surface area contributed by atoms with Crippen LogP contribution in [-0.4, -0.2) is 17.1 Å². The minimum absolute atomic E-state index is 0.158. The van der Waals surface area contributed by atoms with E-state index in [2.05, 4.69) is 0 Å². The van der Waals surface area contributed by atoms with E-state index in [1.807, 2.05) is 13.8 Å². The first-order valence-electron chi connectivity index (χ1n) is 3.40. The van der Waals surface area contributed by atoms with Crippen molar-refractivity contribution >= 4 is 5.97 Å². The summed E-state index contributed by atoms with van der Waals surface area (Å²) in [5.41, 5.74) is 11.1. The molecule has 1 atom stereocenters. The van der Waals surface area contributed by atoms with Crippen molar-refractivity contribution in [2.24, 2.45) is 17.4 Å². The number of hydrogen-bond acceptors (Lipinski definition) is 3. The minimum atomic E-state index is -1.06. The van der Waals surface area contributed by atoms with E-state index in [9.17, 15) is 4.79 Å². The lowest BCUT2D eigenvalue weighted by molar-refractivity contribution is -0.131. The van der Waals surface area contributed by atoms with Gasteiger partial charge in [-0.05, 0) is 5.92 Å². The Bertz CT molecular complexity index is 175. The monoisotopic (exact) mass is 158 g/mol. The maximum Gasteiger partial charge on any atom is 0.330 e. The summed E-state index contributed by atoms with van der Waals surface area (Å²) < 4.78 is 0. The molecule has 0 saturated carbocycles. The van der Waals surface area contributed by atoms with Crippen LogP contribution >= 0.6 is 0 Å². The Morgan fingerprint density at radius 1 is 1.55 bits per heavy atom. The summed E-state index contributed by atoms with van der Waals surface area (Å²) in [6.45, 7) is 3.76. The van der Waals surface area contributed by atoms with E-state index in [0.717, 1.165) is 6.08 Å². The lowest BCUT2D eigenvalue weighted by Gasteiger charge is -2.14. The van der Waals surface area contributed by atoms with Crippen LogP contribution in [0.15, 0.2) is 11.8 Å². The Morgan fingerprint density at radius 3 is 2.27 bits per heavy atom. The predicted molar refractivity (Wildman–Crippen MR) is 42.7 cm³/mol. The molecule has 0 aliphatic carbocycles. The maximum absolute atomic E-state index is 10.1. The van der Waals surface area contributed by atoms with Gasteiger partial charge in [0.2, 0.25) is 0 Å². The SMILES string of the molecule is CC(C)C(N)/C(N)=C/C(=O)O. The zero-order valence-electron chi connectivity index (χ0n) is 6.74. The van der Waals surface area contributed by atoms with Crippen molar-refractivity contribution in [1.29, 1.82) is 0 Å². The van der Waals surface area contributed by atoms with Gasteiger partial charge in [-0.25, -0.2) is 4.79 Å². The van der Waals surface area contributed by atoms with E-state index < -0.39 is 5.97 Å². The second-order valence-electron chi connectivity index (χ2n) is 2.75. The van der Waals surface area contributed by atoms with Gasteiger partial charge < -0.3 is 16.6 Å². The molecule has 0 heterocycles. The van der Waals surface area contributed by atoms with Gasteiger partial charge in [0.15, 0.2) is 0 Å². The van der Waals surface area contributed by atoms with Crippen LogP contribution in [0.3, 0.4) is 0 Å². The van der Waals surface area contributed by atoms with Gasteiger partial charge >= 0.3 is 5.97 Å². The zero-order chi connectivity index (χ0) is 9.02. The summed E-state index contributed by atoms with van der Waals surface area (Å²) in [6, 6.07) is -0.369. The third-order valence-electron chi connectivity index (χ3n) is 1.39. The highest BCUT2D eigenvalue weighted by Crippen LogP contribution is 2.03. The number of nitrogens with two attached hydrogens (primary N) is 2. The van der Waals surface area contributed by atoms with Gasteiger partial charge in [0.05, 0.1) is 0 Å². The number of carboxylic acids is 1. The number of hydrogen-bond donors (Lipinski definition) is 3. The minimum Gasteiger partial charge on any atom is -0.478 e. The number of carbonyl (C=O) groups is 1. The molecule has 0 aromatic carbocycles. The van der Waals surface area contributed by atoms with Gasteiger partial charge in [-0.15, -0.1) is 0 Å². The van der Waals surface area contributed by atoms with E-state index in [-0.39, 0.29) is 17.7 Å². The first-order valence-corrected chi connectivity index (χ1v) is 3.40. The third-order valence-corrected chi connectivity index (χ3v) is 1.39. The highest BCUT2D eigenvalue weighted by Gasteiger charge is 2.10. The number of aliphatic carboxylic acids is 1. The molecule has 0 aliphatic rings. The second-order valence-corrected chi connectivity index (χ2v) is 2.75. The Kier molecular flexibility index (Phi) is 3.60. The number of rotatable bonds is 3. The smallest absolute Gasteiger partial charge is 0.330 e. The molecule has 0 rings (SSSR count). The summed E-state index contributed by atoms with van der Waals surface area (Å²) >= 11 is 0. The molecule has 0 saturated heterocycles. The first-order chi connectivity index (χ1) is 4.95. The third kappa shape index (κ3) is 3.62. The largest absolute Gasteiger partial charge is 0.478 e. The molecule has 0 aromatic rings. The fourth-order valence-corrected chi connectivity index (χ4v) is 0.624. The molecule has 0 spiro atoms. The molecular weight excluding hydrogens is 144 g/mol. The van der Waals surface area contributed by atoms with Crippen molar-refractivity contribution in [3.63, 3.8) is 0 Å². The van der Waals surface area contributed by atoms with E-state index in [1.54, 1.807) is 0 Å². The van der Waals surface area contributed by atoms with Crippen molar-refractivity contribution < 1.29 is 9.90 Å². The zero-order valence-corrected chi connectivity index (χ0v) is 6.74. The average Bonchev–Trinajstić information content (AvgIpc) is 1.84. The Hall–Kier alpha value is -1.03. The van der Waals surface area contributed by atoms with Crippen molar-refractivity contribution in [2.45, 2.75) is 19.9 Å².